The van der Waals surface area contributed by atoms with Gasteiger partial charge in [-0.15, -0.1) is 0 Å². The van der Waals surface area contributed by atoms with E-state index in [1.54, 1.807) is 13.0 Å². The summed E-state index contributed by atoms with van der Waals surface area (Å²) in [5.41, 5.74) is 1.53. The van der Waals surface area contributed by atoms with Crippen LogP contribution < -0.4 is 4.90 Å². The second kappa shape index (κ2) is 6.75. The van der Waals surface area contributed by atoms with Crippen molar-refractivity contribution in [1.29, 1.82) is 0 Å². The second-order valence-corrected chi connectivity index (χ2v) is 4.64. The molecule has 20 heavy (non-hydrogen) atoms. The molecule has 1 aromatic rings. The van der Waals surface area contributed by atoms with Gasteiger partial charge >= 0.3 is 12.1 Å². The zero-order valence-corrected chi connectivity index (χ0v) is 11.9. The molecule has 0 aliphatic rings. The number of nitrogens with zero attached hydrogens (tertiary/aromatic N) is 1. The Kier molecular flexibility index (Phi) is 5.32. The molecule has 0 saturated carbocycles. The summed E-state index contributed by atoms with van der Waals surface area (Å²) in [6.45, 7) is 9.11. The summed E-state index contributed by atoms with van der Waals surface area (Å²) >= 11 is 0. The van der Waals surface area contributed by atoms with Crippen molar-refractivity contribution in [2.24, 2.45) is 0 Å². The molecule has 5 heteroatoms. The first kappa shape index (κ1) is 15.8. The maximum Gasteiger partial charge on any atom is 0.414 e. The van der Waals surface area contributed by atoms with Gasteiger partial charge in [0.05, 0.1) is 11.3 Å². The Labute approximate surface area is 118 Å². The van der Waals surface area contributed by atoms with Gasteiger partial charge in [0.2, 0.25) is 0 Å². The summed E-state index contributed by atoms with van der Waals surface area (Å²) in [7, 11) is 0. The molecule has 0 aliphatic heterocycles. The number of benzene rings is 1. The minimum atomic E-state index is -0.995. The van der Waals surface area contributed by atoms with Crippen LogP contribution in [0.1, 0.15) is 29.8 Å². The zero-order valence-electron chi connectivity index (χ0n) is 11.9. The van der Waals surface area contributed by atoms with Gasteiger partial charge in [-0.25, -0.2) is 9.59 Å². The van der Waals surface area contributed by atoms with Crippen molar-refractivity contribution < 1.29 is 19.4 Å². The Bertz CT molecular complexity index is 523. The molecule has 0 radical (unpaired) electrons. The molecule has 0 fully saturated rings. The van der Waals surface area contributed by atoms with Crippen LogP contribution in [0.25, 0.3) is 0 Å². The van der Waals surface area contributed by atoms with Crippen LogP contribution in [0.3, 0.4) is 0 Å². The van der Waals surface area contributed by atoms with E-state index in [0.717, 1.165) is 0 Å². The number of carbonyl (C=O) groups is 2. The normalized spacial score (nSPS) is 10.2. The first-order valence-electron chi connectivity index (χ1n) is 6.29. The van der Waals surface area contributed by atoms with Crippen molar-refractivity contribution >= 4 is 17.7 Å². The predicted octanol–water partition coefficient (Wildman–Crippen LogP) is 3.23. The van der Waals surface area contributed by atoms with Crippen LogP contribution in [0.5, 0.6) is 0 Å². The molecule has 0 saturated heterocycles. The Balaban J connectivity index is 3.12. The van der Waals surface area contributed by atoms with E-state index < -0.39 is 12.1 Å². The number of carboxylic acid groups (broad SMARTS) is 1. The maximum absolute atomic E-state index is 12.1. The molecular weight excluding hydrogens is 258 g/mol. The van der Waals surface area contributed by atoms with Crippen LogP contribution >= 0.6 is 0 Å². The Morgan fingerprint density at radius 2 is 2.10 bits per heavy atom. The van der Waals surface area contributed by atoms with Gasteiger partial charge in [0.25, 0.3) is 0 Å². The minimum absolute atomic E-state index is 0.110. The van der Waals surface area contributed by atoms with Crippen molar-refractivity contribution in [3.63, 3.8) is 0 Å². The summed E-state index contributed by atoms with van der Waals surface area (Å²) in [6.07, 6.45) is 1.02. The number of hydrogen-bond donors (Lipinski definition) is 1. The lowest BCUT2D eigenvalue weighted by molar-refractivity contribution is 0.0697. The zero-order chi connectivity index (χ0) is 15.3. The lowest BCUT2D eigenvalue weighted by Crippen LogP contribution is -2.38. The van der Waals surface area contributed by atoms with Crippen LogP contribution in [0.2, 0.25) is 0 Å². The van der Waals surface area contributed by atoms with Gasteiger partial charge in [-0.1, -0.05) is 12.7 Å². The third kappa shape index (κ3) is 3.60. The van der Waals surface area contributed by atoms with E-state index in [4.69, 9.17) is 9.84 Å². The quantitative estimate of drug-likeness (QED) is 0.839. The van der Waals surface area contributed by atoms with Crippen LogP contribution in [0.4, 0.5) is 10.5 Å². The van der Waals surface area contributed by atoms with Crippen LogP contribution in [0.15, 0.2) is 30.9 Å². The van der Waals surface area contributed by atoms with Crippen molar-refractivity contribution in [2.75, 3.05) is 11.5 Å². The first-order valence-corrected chi connectivity index (χ1v) is 6.29. The second-order valence-electron chi connectivity index (χ2n) is 4.64. The number of anilines is 1. The molecule has 1 rings (SSSR count). The average molecular weight is 277 g/mol. The van der Waals surface area contributed by atoms with Crippen molar-refractivity contribution in [3.05, 3.63) is 42.0 Å². The highest BCUT2D eigenvalue weighted by Crippen LogP contribution is 2.24. The maximum atomic E-state index is 12.1. The minimum Gasteiger partial charge on any atom is -0.478 e. The lowest BCUT2D eigenvalue weighted by Gasteiger charge is -2.27. The standard InChI is InChI=1S/C15H19NO4/c1-5-8-20-15(19)16(10(2)3)13-7-6-12(14(17)18)9-11(13)4/h5-7,9-10H,1,8H2,2-4H3,(H,17,18). The van der Waals surface area contributed by atoms with Gasteiger partial charge in [0.1, 0.15) is 6.61 Å². The van der Waals surface area contributed by atoms with E-state index in [2.05, 4.69) is 6.58 Å². The van der Waals surface area contributed by atoms with Gasteiger partial charge in [0.15, 0.2) is 0 Å². The Hall–Kier alpha value is -2.30. The fraction of sp³-hybridized carbons (Fsp3) is 0.333. The summed E-state index contributed by atoms with van der Waals surface area (Å²) in [4.78, 5) is 24.5. The largest absolute Gasteiger partial charge is 0.478 e. The van der Waals surface area contributed by atoms with Gasteiger partial charge in [-0.05, 0) is 44.5 Å². The molecule has 0 spiro atoms. The first-order chi connectivity index (χ1) is 9.38. The van der Waals surface area contributed by atoms with Gasteiger partial charge in [0, 0.05) is 6.04 Å². The molecule has 0 atom stereocenters. The summed E-state index contributed by atoms with van der Waals surface area (Å²) in [6, 6.07) is 4.52. The van der Waals surface area contributed by atoms with E-state index in [-0.39, 0.29) is 18.2 Å². The molecule has 0 unspecified atom stereocenters. The van der Waals surface area contributed by atoms with Gasteiger partial charge in [-0.2, -0.15) is 0 Å². The van der Waals surface area contributed by atoms with E-state index in [9.17, 15) is 9.59 Å². The highest BCUT2D eigenvalue weighted by atomic mass is 16.6. The van der Waals surface area contributed by atoms with Gasteiger partial charge < -0.3 is 9.84 Å². The number of carbonyl (C=O) groups excluding carboxylic acids is 1. The van der Waals surface area contributed by atoms with Crippen molar-refractivity contribution in [3.8, 4) is 0 Å². The Morgan fingerprint density at radius 1 is 1.45 bits per heavy atom. The van der Waals surface area contributed by atoms with E-state index in [1.165, 1.54) is 23.1 Å². The number of aryl methyl sites for hydroxylation is 1. The predicted molar refractivity (Wildman–Crippen MR) is 77.3 cm³/mol. The van der Waals surface area contributed by atoms with Crippen LogP contribution in [-0.4, -0.2) is 29.8 Å². The van der Waals surface area contributed by atoms with E-state index in [0.29, 0.717) is 11.3 Å². The SMILES string of the molecule is C=CCOC(=O)N(c1ccc(C(=O)O)cc1C)C(C)C. The smallest absolute Gasteiger partial charge is 0.414 e. The molecule has 0 bridgehead atoms. The monoisotopic (exact) mass is 277 g/mol. The Morgan fingerprint density at radius 3 is 2.55 bits per heavy atom. The van der Waals surface area contributed by atoms with Crippen LogP contribution in [0, 0.1) is 6.92 Å². The number of rotatable bonds is 5. The third-order valence-corrected chi connectivity index (χ3v) is 2.74. The summed E-state index contributed by atoms with van der Waals surface area (Å²) < 4.78 is 5.05. The molecule has 108 valence electrons. The summed E-state index contributed by atoms with van der Waals surface area (Å²) in [5.74, 6) is -0.995. The van der Waals surface area contributed by atoms with Gasteiger partial charge in [-0.3, -0.25) is 4.90 Å². The molecule has 0 aromatic heterocycles. The van der Waals surface area contributed by atoms with E-state index >= 15 is 0 Å². The number of ether oxygens (including phenoxy) is 1. The van der Waals surface area contributed by atoms with Crippen molar-refractivity contribution in [1.82, 2.24) is 0 Å². The number of amides is 1. The third-order valence-electron chi connectivity index (χ3n) is 2.74. The molecular formula is C15H19NO4. The molecule has 5 nitrogen and oxygen atoms in total. The highest BCUT2D eigenvalue weighted by Gasteiger charge is 2.22. The summed E-state index contributed by atoms with van der Waals surface area (Å²) in [5, 5.41) is 8.96. The molecule has 0 aliphatic carbocycles. The fourth-order valence-electron chi connectivity index (χ4n) is 1.85. The molecule has 1 amide bonds. The number of aromatic carboxylic acids is 1. The molecule has 0 heterocycles. The van der Waals surface area contributed by atoms with E-state index in [1.807, 2.05) is 13.8 Å². The van der Waals surface area contributed by atoms with Crippen molar-refractivity contribution in [2.45, 2.75) is 26.8 Å². The average Bonchev–Trinajstić information content (AvgIpc) is 2.37. The van der Waals surface area contributed by atoms with Crippen LogP contribution in [-0.2, 0) is 4.74 Å². The fourth-order valence-corrected chi connectivity index (χ4v) is 1.85. The molecule has 1 aromatic carbocycles. The number of hydrogen-bond acceptors (Lipinski definition) is 3. The molecule has 1 N–H and O–H groups in total. The lowest BCUT2D eigenvalue weighted by atomic mass is 10.1. The number of carboxylic acids is 1. The highest BCUT2D eigenvalue weighted by molar-refractivity contribution is 5.92. The topological polar surface area (TPSA) is 66.8 Å².